The van der Waals surface area contributed by atoms with E-state index in [-0.39, 0.29) is 30.9 Å². The quantitative estimate of drug-likeness (QED) is 0.407. The van der Waals surface area contributed by atoms with Crippen molar-refractivity contribution in [1.82, 2.24) is 10.2 Å². The molecule has 0 fully saturated rings. The highest BCUT2D eigenvalue weighted by atomic mass is 16.5. The van der Waals surface area contributed by atoms with Gasteiger partial charge in [0.1, 0.15) is 11.5 Å². The fourth-order valence-electron chi connectivity index (χ4n) is 3.69. The van der Waals surface area contributed by atoms with E-state index in [2.05, 4.69) is 10.6 Å². The van der Waals surface area contributed by atoms with Gasteiger partial charge in [0.05, 0.1) is 25.9 Å². The number of ether oxygens (including phenoxy) is 2. The van der Waals surface area contributed by atoms with E-state index >= 15 is 0 Å². The molecular weight excluding hydrogens is 442 g/mol. The fourth-order valence-corrected chi connectivity index (χ4v) is 3.69. The van der Waals surface area contributed by atoms with Gasteiger partial charge >= 0.3 is 6.03 Å². The van der Waals surface area contributed by atoms with Crippen molar-refractivity contribution in [3.63, 3.8) is 0 Å². The van der Waals surface area contributed by atoms with Crippen LogP contribution < -0.4 is 20.1 Å². The van der Waals surface area contributed by atoms with Gasteiger partial charge in [-0.25, -0.2) is 4.79 Å². The molecule has 184 valence electrons. The first-order valence-corrected chi connectivity index (χ1v) is 11.7. The number of carbonyl (C=O) groups excluding carboxylic acids is 2. The van der Waals surface area contributed by atoms with E-state index < -0.39 is 0 Å². The third-order valence-corrected chi connectivity index (χ3v) is 5.74. The fraction of sp³-hybridized carbons (Fsp3) is 0.286. The Morgan fingerprint density at radius 2 is 1.57 bits per heavy atom. The molecule has 3 aromatic carbocycles. The second kappa shape index (κ2) is 13.0. The van der Waals surface area contributed by atoms with Crippen LogP contribution in [0.1, 0.15) is 30.5 Å². The molecule has 0 radical (unpaired) electrons. The maximum atomic E-state index is 13.2. The highest BCUT2D eigenvalue weighted by molar-refractivity contribution is 5.91. The molecule has 3 aromatic rings. The van der Waals surface area contributed by atoms with Crippen LogP contribution >= 0.6 is 0 Å². The van der Waals surface area contributed by atoms with Crippen molar-refractivity contribution in [3.05, 3.63) is 90.0 Å². The molecule has 7 nitrogen and oxygen atoms in total. The summed E-state index contributed by atoms with van der Waals surface area (Å²) in [6, 6.07) is 24.5. The normalized spacial score (nSPS) is 11.3. The van der Waals surface area contributed by atoms with Crippen LogP contribution in [0.3, 0.4) is 0 Å². The van der Waals surface area contributed by atoms with Gasteiger partial charge in [0, 0.05) is 25.6 Å². The number of rotatable bonds is 11. The smallest absolute Gasteiger partial charge is 0.321 e. The van der Waals surface area contributed by atoms with Crippen molar-refractivity contribution in [2.75, 3.05) is 32.6 Å². The molecule has 0 saturated heterocycles. The third kappa shape index (κ3) is 7.78. The van der Waals surface area contributed by atoms with E-state index in [1.54, 1.807) is 30.2 Å². The van der Waals surface area contributed by atoms with E-state index in [0.717, 1.165) is 11.1 Å². The summed E-state index contributed by atoms with van der Waals surface area (Å²) in [4.78, 5) is 27.5. The maximum absolute atomic E-state index is 13.2. The van der Waals surface area contributed by atoms with Gasteiger partial charge < -0.3 is 25.0 Å². The van der Waals surface area contributed by atoms with Crippen LogP contribution in [0.2, 0.25) is 0 Å². The summed E-state index contributed by atoms with van der Waals surface area (Å²) in [7, 11) is 3.11. The lowest BCUT2D eigenvalue weighted by Crippen LogP contribution is -2.39. The Bertz CT molecular complexity index is 1090. The lowest BCUT2D eigenvalue weighted by Gasteiger charge is -2.24. The standard InChI is InChI=1S/C28H33N3O4/c1-21(23-12-8-5-9-13-23)29-27(32)17-19-31(18-16-22-10-6-4-7-11-22)28(33)30-25-15-14-24(34-2)20-26(25)35-3/h4-15,20-21H,16-19H2,1-3H3,(H,29,32)(H,30,33). The number of hydrogen-bond acceptors (Lipinski definition) is 4. The first-order valence-electron chi connectivity index (χ1n) is 11.7. The van der Waals surface area contributed by atoms with Crippen molar-refractivity contribution in [1.29, 1.82) is 0 Å². The van der Waals surface area contributed by atoms with Gasteiger partial charge in [-0.05, 0) is 36.6 Å². The Hall–Kier alpha value is -4.00. The second-order valence-corrected chi connectivity index (χ2v) is 8.17. The molecule has 0 aliphatic carbocycles. The summed E-state index contributed by atoms with van der Waals surface area (Å²) < 4.78 is 10.6. The molecule has 0 saturated carbocycles. The zero-order valence-corrected chi connectivity index (χ0v) is 20.5. The van der Waals surface area contributed by atoms with Gasteiger partial charge in [-0.1, -0.05) is 60.7 Å². The molecule has 0 heterocycles. The van der Waals surface area contributed by atoms with Crippen molar-refractivity contribution >= 4 is 17.6 Å². The minimum absolute atomic E-state index is 0.110. The van der Waals surface area contributed by atoms with E-state index in [1.807, 2.05) is 67.6 Å². The Morgan fingerprint density at radius 1 is 0.886 bits per heavy atom. The highest BCUT2D eigenvalue weighted by Crippen LogP contribution is 2.29. The number of amides is 3. The van der Waals surface area contributed by atoms with Crippen LogP contribution in [0, 0.1) is 0 Å². The minimum Gasteiger partial charge on any atom is -0.497 e. The van der Waals surface area contributed by atoms with Gasteiger partial charge in [0.25, 0.3) is 0 Å². The van der Waals surface area contributed by atoms with E-state index in [1.165, 1.54) is 7.11 Å². The van der Waals surface area contributed by atoms with Gasteiger partial charge in [0.15, 0.2) is 0 Å². The SMILES string of the molecule is COc1ccc(NC(=O)N(CCC(=O)NC(C)c2ccccc2)CCc2ccccc2)c(OC)c1. The number of nitrogens with one attached hydrogen (secondary N) is 2. The largest absolute Gasteiger partial charge is 0.497 e. The molecule has 35 heavy (non-hydrogen) atoms. The molecule has 2 N–H and O–H groups in total. The molecule has 0 aliphatic heterocycles. The Kier molecular flexibility index (Phi) is 9.54. The Morgan fingerprint density at radius 3 is 2.23 bits per heavy atom. The molecule has 0 aliphatic rings. The Balaban J connectivity index is 1.66. The topological polar surface area (TPSA) is 79.9 Å². The number of anilines is 1. The van der Waals surface area contributed by atoms with Gasteiger partial charge in [-0.3, -0.25) is 4.79 Å². The molecule has 0 aromatic heterocycles. The highest BCUT2D eigenvalue weighted by Gasteiger charge is 2.18. The zero-order chi connectivity index (χ0) is 25.0. The summed E-state index contributed by atoms with van der Waals surface area (Å²) in [6.07, 6.45) is 0.870. The number of hydrogen-bond donors (Lipinski definition) is 2. The first-order chi connectivity index (χ1) is 17.0. The van der Waals surface area contributed by atoms with Crippen LogP contribution in [-0.2, 0) is 11.2 Å². The third-order valence-electron chi connectivity index (χ3n) is 5.74. The molecular formula is C28H33N3O4. The molecule has 7 heteroatoms. The van der Waals surface area contributed by atoms with Gasteiger partial charge in [-0.15, -0.1) is 0 Å². The minimum atomic E-state index is -0.298. The lowest BCUT2D eigenvalue weighted by atomic mass is 10.1. The monoisotopic (exact) mass is 475 g/mol. The number of nitrogens with zero attached hydrogens (tertiary/aromatic N) is 1. The average molecular weight is 476 g/mol. The first kappa shape index (κ1) is 25.6. The summed E-state index contributed by atoms with van der Waals surface area (Å²) in [5.74, 6) is 1.01. The molecule has 3 rings (SSSR count). The van der Waals surface area contributed by atoms with Crippen LogP contribution in [0.5, 0.6) is 11.5 Å². The van der Waals surface area contributed by atoms with Crippen molar-refractivity contribution in [2.45, 2.75) is 25.8 Å². The van der Waals surface area contributed by atoms with E-state index in [9.17, 15) is 9.59 Å². The predicted octanol–water partition coefficient (Wildman–Crippen LogP) is 5.05. The van der Waals surface area contributed by atoms with E-state index in [4.69, 9.17) is 9.47 Å². The van der Waals surface area contributed by atoms with Crippen LogP contribution in [0.4, 0.5) is 10.5 Å². The lowest BCUT2D eigenvalue weighted by molar-refractivity contribution is -0.121. The van der Waals surface area contributed by atoms with Gasteiger partial charge in [0.2, 0.25) is 5.91 Å². The summed E-state index contributed by atoms with van der Waals surface area (Å²) in [6.45, 7) is 2.70. The second-order valence-electron chi connectivity index (χ2n) is 8.17. The maximum Gasteiger partial charge on any atom is 0.321 e. The molecule has 0 bridgehead atoms. The summed E-state index contributed by atoms with van der Waals surface area (Å²) in [5.41, 5.74) is 2.69. The molecule has 3 amide bonds. The van der Waals surface area contributed by atoms with Crippen LogP contribution in [-0.4, -0.2) is 44.1 Å². The molecule has 1 unspecified atom stereocenters. The number of carbonyl (C=O) groups is 2. The summed E-state index contributed by atoms with van der Waals surface area (Å²) >= 11 is 0. The van der Waals surface area contributed by atoms with Crippen molar-refractivity contribution < 1.29 is 19.1 Å². The average Bonchev–Trinajstić information content (AvgIpc) is 2.89. The Labute approximate surface area is 207 Å². The zero-order valence-electron chi connectivity index (χ0n) is 20.5. The number of benzene rings is 3. The van der Waals surface area contributed by atoms with Gasteiger partial charge in [-0.2, -0.15) is 0 Å². The predicted molar refractivity (Wildman–Crippen MR) is 138 cm³/mol. The molecule has 1 atom stereocenters. The number of urea groups is 1. The number of methoxy groups -OCH3 is 2. The molecule has 0 spiro atoms. The summed E-state index contributed by atoms with van der Waals surface area (Å²) in [5, 5.41) is 5.93. The van der Waals surface area contributed by atoms with Crippen molar-refractivity contribution in [3.8, 4) is 11.5 Å². The van der Waals surface area contributed by atoms with E-state index in [0.29, 0.717) is 30.2 Å². The van der Waals surface area contributed by atoms with Crippen LogP contribution in [0.25, 0.3) is 0 Å². The van der Waals surface area contributed by atoms with Crippen molar-refractivity contribution in [2.24, 2.45) is 0 Å². The van der Waals surface area contributed by atoms with Crippen LogP contribution in [0.15, 0.2) is 78.9 Å².